The van der Waals surface area contributed by atoms with E-state index in [4.69, 9.17) is 4.74 Å². The van der Waals surface area contributed by atoms with E-state index < -0.39 is 0 Å². The van der Waals surface area contributed by atoms with Gasteiger partial charge in [-0.15, -0.1) is 0 Å². The molecular weight excluding hydrogens is 192 g/mol. The number of rotatable bonds is 3. The number of ether oxygens (including phenoxy) is 1. The molecule has 1 saturated carbocycles. The van der Waals surface area contributed by atoms with Crippen molar-refractivity contribution in [3.63, 3.8) is 0 Å². The van der Waals surface area contributed by atoms with E-state index >= 15 is 0 Å². The van der Waals surface area contributed by atoms with Crippen molar-refractivity contribution in [2.75, 3.05) is 20.7 Å². The summed E-state index contributed by atoms with van der Waals surface area (Å²) >= 11 is 0. The molecule has 0 aromatic rings. The molecule has 4 nitrogen and oxygen atoms in total. The first-order valence-electron chi connectivity index (χ1n) is 5.76. The summed E-state index contributed by atoms with van der Waals surface area (Å²) in [6.45, 7) is 0.908. The van der Waals surface area contributed by atoms with Gasteiger partial charge >= 0.3 is 0 Å². The SMILES string of the molecule is CNC1CCN(C2CCC(OC)C2)C1=O. The summed E-state index contributed by atoms with van der Waals surface area (Å²) < 4.78 is 5.34. The zero-order valence-corrected chi connectivity index (χ0v) is 9.53. The van der Waals surface area contributed by atoms with Gasteiger partial charge in [0.15, 0.2) is 0 Å². The van der Waals surface area contributed by atoms with Gasteiger partial charge in [0.2, 0.25) is 5.91 Å². The molecule has 4 heteroatoms. The van der Waals surface area contributed by atoms with Crippen LogP contribution in [0.15, 0.2) is 0 Å². The highest BCUT2D eigenvalue weighted by molar-refractivity contribution is 5.84. The molecule has 0 aromatic carbocycles. The van der Waals surface area contributed by atoms with E-state index in [2.05, 4.69) is 5.32 Å². The van der Waals surface area contributed by atoms with Crippen molar-refractivity contribution in [2.24, 2.45) is 0 Å². The minimum absolute atomic E-state index is 0.0478. The van der Waals surface area contributed by atoms with Gasteiger partial charge in [0.05, 0.1) is 12.1 Å². The second-order valence-electron chi connectivity index (χ2n) is 4.49. The summed E-state index contributed by atoms with van der Waals surface area (Å²) in [6, 6.07) is 0.465. The highest BCUT2D eigenvalue weighted by Gasteiger charge is 2.38. The Morgan fingerprint density at radius 3 is 2.73 bits per heavy atom. The molecule has 3 atom stereocenters. The third-order valence-corrected chi connectivity index (χ3v) is 3.72. The topological polar surface area (TPSA) is 41.6 Å². The van der Waals surface area contributed by atoms with Crippen molar-refractivity contribution in [3.05, 3.63) is 0 Å². The largest absolute Gasteiger partial charge is 0.381 e. The maximum absolute atomic E-state index is 11.9. The molecule has 2 rings (SSSR count). The van der Waals surface area contributed by atoms with Gasteiger partial charge in [0, 0.05) is 19.7 Å². The molecule has 86 valence electrons. The van der Waals surface area contributed by atoms with Crippen LogP contribution >= 0.6 is 0 Å². The molecule has 0 radical (unpaired) electrons. The molecule has 2 aliphatic rings. The van der Waals surface area contributed by atoms with Crippen LogP contribution in [0.2, 0.25) is 0 Å². The van der Waals surface area contributed by atoms with E-state index in [-0.39, 0.29) is 11.9 Å². The molecule has 1 amide bonds. The summed E-state index contributed by atoms with van der Waals surface area (Å²) in [7, 11) is 3.62. The molecule has 1 heterocycles. The maximum atomic E-state index is 11.9. The highest BCUT2D eigenvalue weighted by Crippen LogP contribution is 2.29. The van der Waals surface area contributed by atoms with Crippen molar-refractivity contribution in [1.29, 1.82) is 0 Å². The monoisotopic (exact) mass is 212 g/mol. The Morgan fingerprint density at radius 1 is 1.40 bits per heavy atom. The number of methoxy groups -OCH3 is 1. The number of likely N-dealkylation sites (tertiary alicyclic amines) is 1. The van der Waals surface area contributed by atoms with Gasteiger partial charge in [-0.1, -0.05) is 0 Å². The van der Waals surface area contributed by atoms with E-state index in [1.54, 1.807) is 7.11 Å². The molecule has 1 saturated heterocycles. The number of amides is 1. The van der Waals surface area contributed by atoms with Crippen molar-refractivity contribution in [2.45, 2.75) is 43.9 Å². The van der Waals surface area contributed by atoms with Gasteiger partial charge in [0.25, 0.3) is 0 Å². The Labute approximate surface area is 91.0 Å². The molecule has 0 aromatic heterocycles. The third-order valence-electron chi connectivity index (χ3n) is 3.72. The Morgan fingerprint density at radius 2 is 2.20 bits per heavy atom. The van der Waals surface area contributed by atoms with Crippen LogP contribution in [0, 0.1) is 0 Å². The average molecular weight is 212 g/mol. The molecule has 0 spiro atoms. The lowest BCUT2D eigenvalue weighted by atomic mass is 10.2. The van der Waals surface area contributed by atoms with Crippen LogP contribution < -0.4 is 5.32 Å². The third kappa shape index (κ3) is 2.01. The molecule has 1 N–H and O–H groups in total. The van der Waals surface area contributed by atoms with Gasteiger partial charge in [-0.3, -0.25) is 4.79 Å². The van der Waals surface area contributed by atoms with Gasteiger partial charge in [0.1, 0.15) is 0 Å². The molecule has 1 aliphatic carbocycles. The molecule has 3 unspecified atom stereocenters. The van der Waals surface area contributed by atoms with Crippen molar-refractivity contribution >= 4 is 5.91 Å². The Kier molecular flexibility index (Phi) is 3.26. The molecule has 0 bridgehead atoms. The lowest BCUT2D eigenvalue weighted by Crippen LogP contribution is -2.41. The summed E-state index contributed by atoms with van der Waals surface area (Å²) in [5.74, 6) is 0.277. The number of nitrogens with one attached hydrogen (secondary N) is 1. The van der Waals surface area contributed by atoms with E-state index in [0.29, 0.717) is 12.1 Å². The van der Waals surface area contributed by atoms with Crippen LogP contribution in [0.3, 0.4) is 0 Å². The van der Waals surface area contributed by atoms with Crippen molar-refractivity contribution in [3.8, 4) is 0 Å². The number of hydrogen-bond acceptors (Lipinski definition) is 3. The first-order chi connectivity index (χ1) is 7.26. The van der Waals surface area contributed by atoms with Crippen LogP contribution in [0.4, 0.5) is 0 Å². The van der Waals surface area contributed by atoms with E-state index in [9.17, 15) is 4.79 Å². The minimum atomic E-state index is 0.0478. The first-order valence-corrected chi connectivity index (χ1v) is 5.76. The maximum Gasteiger partial charge on any atom is 0.240 e. The molecular formula is C11H20N2O2. The predicted octanol–water partition coefficient (Wildman–Crippen LogP) is 0.374. The zero-order valence-electron chi connectivity index (χ0n) is 9.53. The summed E-state index contributed by atoms with van der Waals surface area (Å²) in [5, 5.41) is 3.07. The van der Waals surface area contributed by atoms with E-state index in [1.165, 1.54) is 0 Å². The fraction of sp³-hybridized carbons (Fsp3) is 0.909. The first kappa shape index (κ1) is 10.9. The van der Waals surface area contributed by atoms with Crippen LogP contribution in [-0.4, -0.2) is 49.7 Å². The molecule has 1 aliphatic heterocycles. The van der Waals surface area contributed by atoms with Crippen LogP contribution in [0.25, 0.3) is 0 Å². The van der Waals surface area contributed by atoms with Crippen LogP contribution in [0.5, 0.6) is 0 Å². The van der Waals surface area contributed by atoms with Gasteiger partial charge < -0.3 is 15.0 Å². The minimum Gasteiger partial charge on any atom is -0.381 e. The smallest absolute Gasteiger partial charge is 0.240 e. The number of likely N-dealkylation sites (N-methyl/N-ethyl adjacent to an activating group) is 1. The lowest BCUT2D eigenvalue weighted by Gasteiger charge is -2.24. The highest BCUT2D eigenvalue weighted by atomic mass is 16.5. The summed E-state index contributed by atoms with van der Waals surface area (Å²) in [4.78, 5) is 14.0. The standard InChI is InChI=1S/C11H20N2O2/c1-12-10-5-6-13(11(10)14)8-3-4-9(7-8)15-2/h8-10,12H,3-7H2,1-2H3. The summed E-state index contributed by atoms with van der Waals surface area (Å²) in [6.07, 6.45) is 4.51. The Hall–Kier alpha value is -0.610. The van der Waals surface area contributed by atoms with Gasteiger partial charge in [-0.25, -0.2) is 0 Å². The number of carbonyl (C=O) groups is 1. The Bertz CT molecular complexity index is 245. The Balaban J connectivity index is 1.93. The lowest BCUT2D eigenvalue weighted by molar-refractivity contribution is -0.131. The quantitative estimate of drug-likeness (QED) is 0.735. The second-order valence-corrected chi connectivity index (χ2v) is 4.49. The van der Waals surface area contributed by atoms with Gasteiger partial charge in [-0.2, -0.15) is 0 Å². The predicted molar refractivity (Wildman–Crippen MR) is 57.6 cm³/mol. The molecule has 2 fully saturated rings. The van der Waals surface area contributed by atoms with Crippen LogP contribution in [0.1, 0.15) is 25.7 Å². The van der Waals surface area contributed by atoms with E-state index in [0.717, 1.165) is 32.2 Å². The van der Waals surface area contributed by atoms with Crippen molar-refractivity contribution in [1.82, 2.24) is 10.2 Å². The van der Waals surface area contributed by atoms with E-state index in [1.807, 2.05) is 11.9 Å². The number of carbonyl (C=O) groups excluding carboxylic acids is 1. The average Bonchev–Trinajstić information content (AvgIpc) is 2.83. The number of nitrogens with zero attached hydrogens (tertiary/aromatic N) is 1. The summed E-state index contributed by atoms with van der Waals surface area (Å²) in [5.41, 5.74) is 0. The van der Waals surface area contributed by atoms with Crippen LogP contribution in [-0.2, 0) is 9.53 Å². The van der Waals surface area contributed by atoms with Crippen molar-refractivity contribution < 1.29 is 9.53 Å². The fourth-order valence-corrected chi connectivity index (χ4v) is 2.75. The normalized spacial score (nSPS) is 36.5. The fourth-order valence-electron chi connectivity index (χ4n) is 2.75. The molecule has 15 heavy (non-hydrogen) atoms. The van der Waals surface area contributed by atoms with Gasteiger partial charge in [-0.05, 0) is 32.7 Å². The number of hydrogen-bond donors (Lipinski definition) is 1. The zero-order chi connectivity index (χ0) is 10.8. The second kappa shape index (κ2) is 4.49.